The van der Waals surface area contributed by atoms with Gasteiger partial charge < -0.3 is 5.32 Å². The molecule has 0 spiro atoms. The summed E-state index contributed by atoms with van der Waals surface area (Å²) in [7, 11) is 0. The van der Waals surface area contributed by atoms with Crippen LogP contribution in [0.2, 0.25) is 5.02 Å². The van der Waals surface area contributed by atoms with Gasteiger partial charge in [-0.25, -0.2) is 8.78 Å². The third kappa shape index (κ3) is 2.30. The average molecular weight is 280 g/mol. The van der Waals surface area contributed by atoms with Gasteiger partial charge in [-0.3, -0.25) is 0 Å². The third-order valence-electron chi connectivity index (χ3n) is 3.46. The second-order valence-electron chi connectivity index (χ2n) is 4.68. The number of rotatable bonds is 2. The molecule has 2 aromatic rings. The lowest BCUT2D eigenvalue weighted by atomic mass is 10.1. The minimum Gasteiger partial charge on any atom is -0.376 e. The van der Waals surface area contributed by atoms with Crippen LogP contribution in [-0.2, 0) is 6.42 Å². The molecule has 0 amide bonds. The molecule has 0 aliphatic heterocycles. The highest BCUT2D eigenvalue weighted by molar-refractivity contribution is 6.30. The number of fused-ring (bicyclic) bond motifs is 1. The highest BCUT2D eigenvalue weighted by Crippen LogP contribution is 2.35. The first-order chi connectivity index (χ1) is 9.15. The van der Waals surface area contributed by atoms with Crippen LogP contribution in [0.25, 0.3) is 0 Å². The van der Waals surface area contributed by atoms with Crippen molar-refractivity contribution in [3.63, 3.8) is 0 Å². The van der Waals surface area contributed by atoms with Crippen molar-refractivity contribution in [1.82, 2.24) is 0 Å². The number of aryl methyl sites for hydroxylation is 1. The van der Waals surface area contributed by atoms with Crippen LogP contribution in [0.4, 0.5) is 14.5 Å². The first-order valence-corrected chi connectivity index (χ1v) is 6.52. The topological polar surface area (TPSA) is 12.0 Å². The number of nitrogens with one attached hydrogen (secondary N) is 1. The van der Waals surface area contributed by atoms with Crippen molar-refractivity contribution in [2.45, 2.75) is 18.9 Å². The van der Waals surface area contributed by atoms with E-state index in [1.54, 1.807) is 6.07 Å². The Morgan fingerprint density at radius 1 is 1.16 bits per heavy atom. The maximum Gasteiger partial charge on any atom is 0.181 e. The van der Waals surface area contributed by atoms with Gasteiger partial charge in [0.1, 0.15) is 0 Å². The monoisotopic (exact) mass is 279 g/mol. The van der Waals surface area contributed by atoms with Crippen LogP contribution in [0, 0.1) is 11.6 Å². The summed E-state index contributed by atoms with van der Waals surface area (Å²) >= 11 is 5.95. The Bertz CT molecular complexity index is 628. The summed E-state index contributed by atoms with van der Waals surface area (Å²) in [5, 5.41) is 3.77. The van der Waals surface area contributed by atoms with Crippen LogP contribution in [0.1, 0.15) is 23.6 Å². The second-order valence-corrected chi connectivity index (χ2v) is 5.12. The van der Waals surface area contributed by atoms with Gasteiger partial charge in [0, 0.05) is 5.02 Å². The maximum absolute atomic E-state index is 13.6. The maximum atomic E-state index is 13.6. The Balaban J connectivity index is 1.89. The lowest BCUT2D eigenvalue weighted by Gasteiger charge is -2.16. The first kappa shape index (κ1) is 12.4. The number of anilines is 1. The van der Waals surface area contributed by atoms with E-state index in [2.05, 4.69) is 5.32 Å². The van der Waals surface area contributed by atoms with Gasteiger partial charge in [-0.2, -0.15) is 0 Å². The summed E-state index contributed by atoms with van der Waals surface area (Å²) in [6.45, 7) is 0. The lowest BCUT2D eigenvalue weighted by molar-refractivity contribution is 0.509. The molecule has 0 radical (unpaired) electrons. The largest absolute Gasteiger partial charge is 0.376 e. The summed E-state index contributed by atoms with van der Waals surface area (Å²) in [4.78, 5) is 0. The molecule has 4 heteroatoms. The summed E-state index contributed by atoms with van der Waals surface area (Å²) in [6.07, 6.45) is 1.75. The van der Waals surface area contributed by atoms with Crippen molar-refractivity contribution < 1.29 is 8.78 Å². The molecule has 0 saturated carbocycles. The van der Waals surface area contributed by atoms with E-state index >= 15 is 0 Å². The Morgan fingerprint density at radius 2 is 2.00 bits per heavy atom. The van der Waals surface area contributed by atoms with E-state index in [1.807, 2.05) is 18.2 Å². The smallest absolute Gasteiger partial charge is 0.181 e. The van der Waals surface area contributed by atoms with E-state index in [-0.39, 0.29) is 11.7 Å². The quantitative estimate of drug-likeness (QED) is 0.839. The van der Waals surface area contributed by atoms with Crippen LogP contribution >= 0.6 is 11.6 Å². The van der Waals surface area contributed by atoms with Crippen LogP contribution in [0.5, 0.6) is 0 Å². The van der Waals surface area contributed by atoms with Crippen molar-refractivity contribution in [2.75, 3.05) is 5.32 Å². The van der Waals surface area contributed by atoms with E-state index in [4.69, 9.17) is 11.6 Å². The Labute approximate surface area is 115 Å². The van der Waals surface area contributed by atoms with E-state index in [0.29, 0.717) is 5.02 Å². The molecule has 1 atom stereocenters. The molecule has 98 valence electrons. The van der Waals surface area contributed by atoms with Crippen LogP contribution < -0.4 is 5.32 Å². The molecule has 0 fully saturated rings. The van der Waals surface area contributed by atoms with Crippen LogP contribution in [0.3, 0.4) is 0 Å². The number of halogens is 3. The van der Waals surface area contributed by atoms with Gasteiger partial charge in [-0.1, -0.05) is 23.7 Å². The lowest BCUT2D eigenvalue weighted by Crippen LogP contribution is -2.09. The molecule has 0 saturated heterocycles. The highest BCUT2D eigenvalue weighted by atomic mass is 35.5. The molecule has 1 unspecified atom stereocenters. The van der Waals surface area contributed by atoms with Crippen LogP contribution in [0.15, 0.2) is 36.4 Å². The van der Waals surface area contributed by atoms with Crippen LogP contribution in [-0.4, -0.2) is 0 Å². The molecular weight excluding hydrogens is 268 g/mol. The minimum atomic E-state index is -0.834. The molecule has 0 bridgehead atoms. The van der Waals surface area contributed by atoms with E-state index in [0.717, 1.165) is 24.5 Å². The molecule has 2 aromatic carbocycles. The normalized spacial score (nSPS) is 17.3. The third-order valence-corrected chi connectivity index (χ3v) is 3.70. The average Bonchev–Trinajstić information content (AvgIpc) is 2.77. The molecule has 1 aliphatic carbocycles. The molecule has 1 nitrogen and oxygen atoms in total. The zero-order chi connectivity index (χ0) is 13.4. The van der Waals surface area contributed by atoms with Crippen molar-refractivity contribution in [1.29, 1.82) is 0 Å². The zero-order valence-corrected chi connectivity index (χ0v) is 10.8. The molecule has 0 aromatic heterocycles. The fourth-order valence-corrected chi connectivity index (χ4v) is 2.73. The van der Waals surface area contributed by atoms with Gasteiger partial charge in [-0.05, 0) is 48.2 Å². The predicted octanol–water partition coefficient (Wildman–Crippen LogP) is 4.72. The minimum absolute atomic E-state index is 0.00330. The van der Waals surface area contributed by atoms with Gasteiger partial charge in [-0.15, -0.1) is 0 Å². The fraction of sp³-hybridized carbons (Fsp3) is 0.200. The van der Waals surface area contributed by atoms with Crippen molar-refractivity contribution in [2.24, 2.45) is 0 Å². The summed E-state index contributed by atoms with van der Waals surface area (Å²) in [5.41, 5.74) is 2.47. The Kier molecular flexibility index (Phi) is 3.15. The molecule has 19 heavy (non-hydrogen) atoms. The standard InChI is InChI=1S/C15H12ClF2N/c16-10-5-6-11-9(8-10)4-7-13(11)19-14-3-1-2-12(17)15(14)18/h1-3,5-6,8,13,19H,4,7H2. The van der Waals surface area contributed by atoms with Crippen molar-refractivity contribution >= 4 is 17.3 Å². The van der Waals surface area contributed by atoms with Crippen molar-refractivity contribution in [3.8, 4) is 0 Å². The summed E-state index contributed by atoms with van der Waals surface area (Å²) < 4.78 is 26.8. The van der Waals surface area contributed by atoms with E-state index in [9.17, 15) is 8.78 Å². The zero-order valence-electron chi connectivity index (χ0n) is 10.1. The molecule has 3 rings (SSSR count). The van der Waals surface area contributed by atoms with Gasteiger partial charge >= 0.3 is 0 Å². The second kappa shape index (κ2) is 4.82. The van der Waals surface area contributed by atoms with Gasteiger partial charge in [0.2, 0.25) is 0 Å². The number of hydrogen-bond acceptors (Lipinski definition) is 1. The molecule has 0 heterocycles. The summed E-state index contributed by atoms with van der Waals surface area (Å²) in [5.74, 6) is -1.66. The van der Waals surface area contributed by atoms with Crippen molar-refractivity contribution in [3.05, 3.63) is 64.2 Å². The Hall–Kier alpha value is -1.61. The van der Waals surface area contributed by atoms with E-state index in [1.165, 1.54) is 11.6 Å². The molecule has 1 N–H and O–H groups in total. The highest BCUT2D eigenvalue weighted by Gasteiger charge is 2.23. The SMILES string of the molecule is Fc1cccc(NC2CCc3cc(Cl)ccc32)c1F. The van der Waals surface area contributed by atoms with Gasteiger partial charge in [0.05, 0.1) is 11.7 Å². The summed E-state index contributed by atoms with van der Waals surface area (Å²) in [6, 6.07) is 9.86. The fourth-order valence-electron chi connectivity index (χ4n) is 2.54. The number of benzene rings is 2. The predicted molar refractivity (Wildman–Crippen MR) is 72.5 cm³/mol. The first-order valence-electron chi connectivity index (χ1n) is 6.14. The van der Waals surface area contributed by atoms with E-state index < -0.39 is 11.6 Å². The van der Waals surface area contributed by atoms with Gasteiger partial charge in [0.15, 0.2) is 11.6 Å². The molecule has 1 aliphatic rings. The number of hydrogen-bond donors (Lipinski definition) is 1. The molecular formula is C15H12ClF2N. The van der Waals surface area contributed by atoms with Gasteiger partial charge in [0.25, 0.3) is 0 Å². The Morgan fingerprint density at radius 3 is 2.84 bits per heavy atom.